The van der Waals surface area contributed by atoms with Crippen molar-refractivity contribution in [3.8, 4) is 17.2 Å². The van der Waals surface area contributed by atoms with Gasteiger partial charge in [0.05, 0.1) is 5.56 Å². The van der Waals surface area contributed by atoms with Crippen LogP contribution in [0.15, 0.2) is 166 Å². The lowest BCUT2D eigenvalue weighted by Crippen LogP contribution is -2.71. The van der Waals surface area contributed by atoms with Crippen molar-refractivity contribution in [2.45, 2.75) is 56.1 Å². The number of anilines is 1. The number of carbonyl (C=O) groups excluding carboxylic acids is 8. The Bertz CT molecular complexity index is 3480. The summed E-state index contributed by atoms with van der Waals surface area (Å²) in [5.74, 6) is -8.82. The monoisotopic (exact) mass is 1140 g/mol. The normalized spacial score (nSPS) is 14.8. The van der Waals surface area contributed by atoms with Crippen LogP contribution >= 0.6 is 23.5 Å². The van der Waals surface area contributed by atoms with E-state index in [4.69, 9.17) is 38.7 Å². The smallest absolute Gasteiger partial charge is 0.366 e. The number of oxazole rings is 1. The van der Waals surface area contributed by atoms with Gasteiger partial charge in [-0.25, -0.2) is 14.3 Å². The molecule has 0 radical (unpaired) electrons. The quantitative estimate of drug-likeness (QED) is 0.0176. The molecule has 3 N–H and O–H groups in total. The zero-order chi connectivity index (χ0) is 57.2. The second kappa shape index (κ2) is 25.2. The van der Waals surface area contributed by atoms with Gasteiger partial charge >= 0.3 is 35.8 Å². The molecular formula is C55H45N9O15S2. The number of nitrogens with two attached hydrogens (primary N) is 1. The predicted molar refractivity (Wildman–Crippen MR) is 285 cm³/mol. The van der Waals surface area contributed by atoms with Crippen LogP contribution in [0.2, 0.25) is 0 Å². The number of nitrogens with one attached hydrogen (secondary N) is 1. The Hall–Kier alpha value is -9.95. The van der Waals surface area contributed by atoms with Crippen LogP contribution in [0.4, 0.5) is 6.01 Å². The van der Waals surface area contributed by atoms with Crippen molar-refractivity contribution >= 4 is 82.9 Å². The van der Waals surface area contributed by atoms with E-state index in [0.717, 1.165) is 62.1 Å². The van der Waals surface area contributed by atoms with Crippen LogP contribution in [0, 0.1) is 0 Å². The van der Waals surface area contributed by atoms with Crippen molar-refractivity contribution in [2.24, 2.45) is 5.16 Å². The molecule has 5 aromatic carbocycles. The molecule has 4 heterocycles. The van der Waals surface area contributed by atoms with Gasteiger partial charge in [-0.3, -0.25) is 33.7 Å². The predicted octanol–water partition coefficient (Wildman–Crippen LogP) is 5.69. The molecule has 2 amide bonds. The first-order valence-corrected chi connectivity index (χ1v) is 26.4. The van der Waals surface area contributed by atoms with Crippen LogP contribution in [0.1, 0.15) is 71.3 Å². The topological polar surface area (TPSA) is 315 Å². The largest absolute Gasteiger partial charge is 0.451 e. The van der Waals surface area contributed by atoms with Gasteiger partial charge in [-0.2, -0.15) is 4.98 Å². The number of rotatable bonds is 20. The summed E-state index contributed by atoms with van der Waals surface area (Å²) in [6.45, 7) is 2.69. The molecule has 2 aliphatic rings. The number of esters is 5. The Balaban J connectivity index is 0.977. The molecule has 81 heavy (non-hydrogen) atoms. The van der Waals surface area contributed by atoms with E-state index in [1.807, 2.05) is 72.8 Å². The van der Waals surface area contributed by atoms with Gasteiger partial charge in [0.1, 0.15) is 35.6 Å². The van der Waals surface area contributed by atoms with Gasteiger partial charge in [0.2, 0.25) is 10.9 Å². The van der Waals surface area contributed by atoms with E-state index in [0.29, 0.717) is 16.7 Å². The summed E-state index contributed by atoms with van der Waals surface area (Å²) in [4.78, 5) is 117. The van der Waals surface area contributed by atoms with Crippen molar-refractivity contribution in [3.63, 3.8) is 0 Å². The molecule has 0 spiro atoms. The molecule has 26 heteroatoms. The maximum Gasteiger partial charge on any atom is 0.366 e. The third-order valence-corrected chi connectivity index (χ3v) is 14.2. The van der Waals surface area contributed by atoms with Crippen molar-refractivity contribution in [2.75, 3.05) is 17.2 Å². The van der Waals surface area contributed by atoms with E-state index in [1.165, 1.54) is 21.3 Å². The second-order valence-electron chi connectivity index (χ2n) is 17.5. The standard InChI is InChI=1S/C55H45N9O15S2/c1-30(65)74-40-24-37(25-41(75-31(2)66)48(40)76-32(3)67)52(71)79-60-43(39-27-73-54(56)57-39)49(69)58-44-50(70)64-45(53(72)78-47(35-20-12-6-13-21-35)36-22-14-7-15-23-36)38(28-80-51(44)64)29-81-55-59-61-62-63(55)26-42(68)77-46(33-16-8-4-9-17-33)34-18-10-5-11-19-34/h4-25,27,44,46-47,51H,26,28-29H2,1-3H3,(H2,56,57)(H,58,69)/b60-43-/t44-,51-/m1/s1. The summed E-state index contributed by atoms with van der Waals surface area (Å²) in [7, 11) is 0. The summed E-state index contributed by atoms with van der Waals surface area (Å²) in [6, 6.07) is 36.6. The molecule has 0 aliphatic carbocycles. The fraction of sp³-hybridized carbons (Fsp3) is 0.182. The third-order valence-electron chi connectivity index (χ3n) is 11.8. The van der Waals surface area contributed by atoms with Crippen LogP contribution in [0.5, 0.6) is 17.2 Å². The van der Waals surface area contributed by atoms with Crippen LogP contribution in [0.3, 0.4) is 0 Å². The van der Waals surface area contributed by atoms with E-state index >= 15 is 0 Å². The molecular weight excluding hydrogens is 1090 g/mol. The van der Waals surface area contributed by atoms with Gasteiger partial charge in [-0.1, -0.05) is 138 Å². The molecule has 1 saturated heterocycles. The molecule has 0 bridgehead atoms. The number of ether oxygens (including phenoxy) is 5. The number of oxime groups is 1. The van der Waals surface area contributed by atoms with Gasteiger partial charge in [-0.05, 0) is 50.4 Å². The number of nitrogens with zero attached hydrogens (tertiary/aromatic N) is 7. The lowest BCUT2D eigenvalue weighted by molar-refractivity contribution is -0.154. The zero-order valence-corrected chi connectivity index (χ0v) is 44.5. The number of amides is 2. The van der Waals surface area contributed by atoms with Gasteiger partial charge in [0.25, 0.3) is 17.8 Å². The fourth-order valence-electron chi connectivity index (χ4n) is 8.31. The van der Waals surface area contributed by atoms with E-state index < -0.39 is 106 Å². The number of tetrazole rings is 1. The number of fused-ring (bicyclic) bond motifs is 1. The van der Waals surface area contributed by atoms with Crippen molar-refractivity contribution in [1.82, 2.24) is 35.4 Å². The highest BCUT2D eigenvalue weighted by Crippen LogP contribution is 2.44. The minimum Gasteiger partial charge on any atom is -0.451 e. The summed E-state index contributed by atoms with van der Waals surface area (Å²) >= 11 is 2.29. The number of hydrogen-bond donors (Lipinski definition) is 2. The van der Waals surface area contributed by atoms with Crippen molar-refractivity contribution in [1.29, 1.82) is 0 Å². The second-order valence-corrected chi connectivity index (χ2v) is 19.5. The summed E-state index contributed by atoms with van der Waals surface area (Å²) in [6.07, 6.45) is -0.728. The molecule has 2 aliphatic heterocycles. The third kappa shape index (κ3) is 13.3. The Kier molecular flexibility index (Phi) is 17.4. The Morgan fingerprint density at radius 2 is 1.28 bits per heavy atom. The number of thioether (sulfide) groups is 2. The molecule has 0 saturated carbocycles. The molecule has 24 nitrogen and oxygen atoms in total. The highest BCUT2D eigenvalue weighted by atomic mass is 32.2. The van der Waals surface area contributed by atoms with E-state index in [2.05, 4.69) is 31.0 Å². The SMILES string of the molecule is CC(=O)Oc1cc(C(=O)O/N=C(\C(=O)N[C@@H]2C(=O)N3C(C(=O)OC(c4ccccc4)c4ccccc4)=C(CSc4nnnn4CC(=O)OC(c4ccccc4)c4ccccc4)CS[C@H]23)c2coc(N)n2)cc(OC(C)=O)c1OC(C)=O. The number of aromatic nitrogens is 5. The van der Waals surface area contributed by atoms with Gasteiger partial charge in [0, 0.05) is 32.3 Å². The van der Waals surface area contributed by atoms with Crippen molar-refractivity contribution < 1.29 is 71.3 Å². The minimum absolute atomic E-state index is 0.0192. The molecule has 1 fully saturated rings. The van der Waals surface area contributed by atoms with E-state index in [-0.39, 0.29) is 34.6 Å². The summed E-state index contributed by atoms with van der Waals surface area (Å²) in [5, 5.41) is 17.6. The first-order valence-electron chi connectivity index (χ1n) is 24.3. The summed E-state index contributed by atoms with van der Waals surface area (Å²) in [5.41, 5.74) is 7.30. The van der Waals surface area contributed by atoms with Crippen LogP contribution in [0.25, 0.3) is 0 Å². The van der Waals surface area contributed by atoms with Gasteiger partial charge in [0.15, 0.2) is 29.4 Å². The average molecular weight is 1140 g/mol. The van der Waals surface area contributed by atoms with Gasteiger partial charge in [-0.15, -0.1) is 16.9 Å². The Morgan fingerprint density at radius 3 is 1.79 bits per heavy atom. The lowest BCUT2D eigenvalue weighted by atomic mass is 10.0. The van der Waals surface area contributed by atoms with Gasteiger partial charge < -0.3 is 44.0 Å². The van der Waals surface area contributed by atoms with Crippen LogP contribution in [-0.2, 0) is 54.4 Å². The minimum atomic E-state index is -1.33. The molecule has 412 valence electrons. The average Bonchev–Trinajstić information content (AvgIpc) is 4.18. The fourth-order valence-corrected chi connectivity index (χ4v) is 10.7. The summed E-state index contributed by atoms with van der Waals surface area (Å²) < 4.78 is 34.1. The van der Waals surface area contributed by atoms with Crippen LogP contribution in [-0.4, -0.2) is 106 Å². The van der Waals surface area contributed by atoms with Crippen molar-refractivity contribution in [3.05, 3.63) is 185 Å². The zero-order valence-electron chi connectivity index (χ0n) is 42.9. The number of nitrogen functional groups attached to an aromatic ring is 1. The molecule has 2 atom stereocenters. The van der Waals surface area contributed by atoms with Crippen LogP contribution < -0.4 is 25.3 Å². The number of benzene rings is 5. The lowest BCUT2D eigenvalue weighted by Gasteiger charge is -2.49. The first kappa shape index (κ1) is 55.8. The van der Waals surface area contributed by atoms with E-state index in [1.54, 1.807) is 48.5 Å². The molecule has 9 rings (SSSR count). The maximum atomic E-state index is 14.9. The highest BCUT2D eigenvalue weighted by Gasteiger charge is 2.55. The highest BCUT2D eigenvalue weighted by molar-refractivity contribution is 8.01. The number of β-lactam (4-membered cyclic amide) rings is 1. The number of carbonyl (C=O) groups is 8. The van der Waals surface area contributed by atoms with E-state index in [9.17, 15) is 38.4 Å². The molecule has 2 aromatic heterocycles. The maximum absolute atomic E-state index is 14.9. The Labute approximate surface area is 467 Å². The number of hydrogen-bond acceptors (Lipinski definition) is 23. The molecule has 7 aromatic rings. The first-order chi connectivity index (χ1) is 39.1. The molecule has 0 unspecified atom stereocenters. The Morgan fingerprint density at radius 1 is 0.753 bits per heavy atom.